The number of halogens is 2. The van der Waals surface area contributed by atoms with Crippen LogP contribution in [0.1, 0.15) is 11.1 Å². The summed E-state index contributed by atoms with van der Waals surface area (Å²) in [5.74, 6) is 0.503. The summed E-state index contributed by atoms with van der Waals surface area (Å²) >= 11 is 3.24. The first-order chi connectivity index (χ1) is 9.90. The molecule has 0 radical (unpaired) electrons. The molecular formula is C14H9BrClNO3S. The zero-order valence-electron chi connectivity index (χ0n) is 10.6. The maximum Gasteiger partial charge on any atom is 0.261 e. The maximum atomic E-state index is 11.2. The first-order valence-electron chi connectivity index (χ1n) is 5.76. The van der Waals surface area contributed by atoms with Crippen LogP contribution < -0.4 is 4.74 Å². The molecule has 21 heavy (non-hydrogen) atoms. The van der Waals surface area contributed by atoms with E-state index in [0.29, 0.717) is 22.4 Å². The topological polar surface area (TPSA) is 67.2 Å². The molecule has 2 aromatic rings. The van der Waals surface area contributed by atoms with E-state index in [1.807, 2.05) is 6.07 Å². The Morgan fingerprint density at radius 1 is 1.19 bits per heavy atom. The van der Waals surface area contributed by atoms with Gasteiger partial charge in [-0.2, -0.15) is 5.26 Å². The molecule has 0 N–H and O–H groups in total. The number of hydrogen-bond donors (Lipinski definition) is 0. The summed E-state index contributed by atoms with van der Waals surface area (Å²) in [5.41, 5.74) is 1.48. The highest BCUT2D eigenvalue weighted by molar-refractivity contribution is 9.10. The van der Waals surface area contributed by atoms with E-state index in [9.17, 15) is 8.42 Å². The molecule has 0 spiro atoms. The SMILES string of the molecule is N#Cc1ccc(COc2ccc(S(=O)(=O)Cl)cc2Br)cc1. The molecule has 0 aliphatic heterocycles. The molecule has 4 nitrogen and oxygen atoms in total. The van der Waals surface area contributed by atoms with Crippen LogP contribution in [-0.4, -0.2) is 8.42 Å². The molecule has 0 saturated heterocycles. The van der Waals surface area contributed by atoms with Crippen molar-refractivity contribution in [2.45, 2.75) is 11.5 Å². The Labute approximate surface area is 135 Å². The first kappa shape index (κ1) is 15.8. The van der Waals surface area contributed by atoms with Crippen LogP contribution >= 0.6 is 26.6 Å². The van der Waals surface area contributed by atoms with Crippen molar-refractivity contribution in [2.75, 3.05) is 0 Å². The molecule has 0 aromatic heterocycles. The van der Waals surface area contributed by atoms with Crippen molar-refractivity contribution in [1.82, 2.24) is 0 Å². The van der Waals surface area contributed by atoms with Gasteiger partial charge in [0.2, 0.25) is 0 Å². The summed E-state index contributed by atoms with van der Waals surface area (Å²) in [6.07, 6.45) is 0. The molecule has 2 aromatic carbocycles. The van der Waals surface area contributed by atoms with E-state index in [0.717, 1.165) is 5.56 Å². The summed E-state index contributed by atoms with van der Waals surface area (Å²) in [6.45, 7) is 0.303. The summed E-state index contributed by atoms with van der Waals surface area (Å²) in [7, 11) is 1.51. The van der Waals surface area contributed by atoms with Crippen LogP contribution in [0.2, 0.25) is 0 Å². The molecule has 7 heteroatoms. The lowest BCUT2D eigenvalue weighted by Crippen LogP contribution is -1.97. The molecule has 2 rings (SSSR count). The second-order valence-corrected chi connectivity index (χ2v) is 7.55. The van der Waals surface area contributed by atoms with Gasteiger partial charge < -0.3 is 4.74 Å². The van der Waals surface area contributed by atoms with Gasteiger partial charge in [0.05, 0.1) is 21.0 Å². The standard InChI is InChI=1S/C14H9BrClNO3S/c15-13-7-12(21(16,18)19)5-6-14(13)20-9-11-3-1-10(8-17)2-4-11/h1-7H,9H2. The van der Waals surface area contributed by atoms with Gasteiger partial charge >= 0.3 is 0 Å². The van der Waals surface area contributed by atoms with E-state index < -0.39 is 9.05 Å². The summed E-state index contributed by atoms with van der Waals surface area (Å²) in [4.78, 5) is 0.00163. The smallest absolute Gasteiger partial charge is 0.261 e. The third-order valence-electron chi connectivity index (χ3n) is 2.66. The molecule has 0 saturated carbocycles. The highest BCUT2D eigenvalue weighted by Crippen LogP contribution is 2.29. The van der Waals surface area contributed by atoms with Crippen LogP contribution in [0.3, 0.4) is 0 Å². The highest BCUT2D eigenvalue weighted by atomic mass is 79.9. The zero-order valence-corrected chi connectivity index (χ0v) is 13.7. The third-order valence-corrected chi connectivity index (χ3v) is 4.63. The number of nitriles is 1. The third kappa shape index (κ3) is 4.21. The van der Waals surface area contributed by atoms with Gasteiger partial charge in [-0.25, -0.2) is 8.42 Å². The largest absolute Gasteiger partial charge is 0.488 e. The Kier molecular flexibility index (Phi) is 4.88. The van der Waals surface area contributed by atoms with Crippen molar-refractivity contribution in [3.05, 3.63) is 58.1 Å². The molecule has 0 atom stereocenters. The Hall–Kier alpha value is -1.55. The summed E-state index contributed by atoms with van der Waals surface area (Å²) in [5, 5.41) is 8.72. The first-order valence-corrected chi connectivity index (χ1v) is 8.86. The van der Waals surface area contributed by atoms with Crippen LogP contribution in [0, 0.1) is 11.3 Å². The van der Waals surface area contributed by atoms with Crippen molar-refractivity contribution in [3.63, 3.8) is 0 Å². The van der Waals surface area contributed by atoms with Crippen molar-refractivity contribution in [2.24, 2.45) is 0 Å². The molecular weight excluding hydrogens is 378 g/mol. The van der Waals surface area contributed by atoms with Gasteiger partial charge in [-0.1, -0.05) is 12.1 Å². The van der Waals surface area contributed by atoms with E-state index in [1.165, 1.54) is 18.2 Å². The fourth-order valence-electron chi connectivity index (χ4n) is 1.59. The summed E-state index contributed by atoms with van der Waals surface area (Å²) < 4.78 is 28.5. The zero-order chi connectivity index (χ0) is 15.5. The number of benzene rings is 2. The van der Waals surface area contributed by atoms with E-state index in [4.69, 9.17) is 20.7 Å². The van der Waals surface area contributed by atoms with E-state index in [2.05, 4.69) is 15.9 Å². The van der Waals surface area contributed by atoms with Crippen LogP contribution in [-0.2, 0) is 15.7 Å². The maximum absolute atomic E-state index is 11.2. The van der Waals surface area contributed by atoms with Gasteiger partial charge in [0.1, 0.15) is 12.4 Å². The minimum absolute atomic E-state index is 0.00163. The van der Waals surface area contributed by atoms with Gasteiger partial charge in [0.25, 0.3) is 9.05 Å². The van der Waals surface area contributed by atoms with E-state index in [1.54, 1.807) is 24.3 Å². The van der Waals surface area contributed by atoms with Crippen molar-refractivity contribution < 1.29 is 13.2 Å². The highest BCUT2D eigenvalue weighted by Gasteiger charge is 2.12. The number of rotatable bonds is 4. The predicted molar refractivity (Wildman–Crippen MR) is 82.7 cm³/mol. The molecule has 0 aliphatic rings. The van der Waals surface area contributed by atoms with Crippen LogP contribution in [0.4, 0.5) is 0 Å². The predicted octanol–water partition coefficient (Wildman–Crippen LogP) is 3.83. The van der Waals surface area contributed by atoms with Gasteiger partial charge in [0, 0.05) is 10.7 Å². The van der Waals surface area contributed by atoms with Crippen LogP contribution in [0.15, 0.2) is 51.8 Å². The quantitative estimate of drug-likeness (QED) is 0.749. The Balaban J connectivity index is 2.11. The fourth-order valence-corrected chi connectivity index (χ4v) is 3.01. The number of hydrogen-bond acceptors (Lipinski definition) is 4. The number of ether oxygens (including phenoxy) is 1. The molecule has 0 amide bonds. The average molecular weight is 387 g/mol. The lowest BCUT2D eigenvalue weighted by molar-refractivity contribution is 0.304. The van der Waals surface area contributed by atoms with Crippen molar-refractivity contribution in [1.29, 1.82) is 5.26 Å². The van der Waals surface area contributed by atoms with Crippen molar-refractivity contribution in [3.8, 4) is 11.8 Å². The lowest BCUT2D eigenvalue weighted by Gasteiger charge is -2.09. The second kappa shape index (κ2) is 6.48. The minimum Gasteiger partial charge on any atom is -0.488 e. The Morgan fingerprint density at radius 3 is 2.38 bits per heavy atom. The minimum atomic E-state index is -3.76. The van der Waals surface area contributed by atoms with E-state index in [-0.39, 0.29) is 4.90 Å². The van der Waals surface area contributed by atoms with E-state index >= 15 is 0 Å². The molecule has 0 bridgehead atoms. The molecule has 0 heterocycles. The fraction of sp³-hybridized carbons (Fsp3) is 0.0714. The average Bonchev–Trinajstić information content (AvgIpc) is 2.45. The molecule has 108 valence electrons. The monoisotopic (exact) mass is 385 g/mol. The van der Waals surface area contributed by atoms with Gasteiger partial charge in [-0.05, 0) is 51.8 Å². The lowest BCUT2D eigenvalue weighted by atomic mass is 10.2. The van der Waals surface area contributed by atoms with Gasteiger partial charge in [-0.3, -0.25) is 0 Å². The normalized spacial score (nSPS) is 10.9. The summed E-state index contributed by atoms with van der Waals surface area (Å²) in [6, 6.07) is 13.3. The van der Waals surface area contributed by atoms with Gasteiger partial charge in [0.15, 0.2) is 0 Å². The number of nitrogens with zero attached hydrogens (tertiary/aromatic N) is 1. The molecule has 0 fully saturated rings. The van der Waals surface area contributed by atoms with Crippen LogP contribution in [0.5, 0.6) is 5.75 Å². The second-order valence-electron chi connectivity index (χ2n) is 4.13. The van der Waals surface area contributed by atoms with Gasteiger partial charge in [-0.15, -0.1) is 0 Å². The van der Waals surface area contributed by atoms with Crippen LogP contribution in [0.25, 0.3) is 0 Å². The molecule has 0 unspecified atom stereocenters. The van der Waals surface area contributed by atoms with Crippen molar-refractivity contribution >= 4 is 35.7 Å². The molecule has 0 aliphatic carbocycles. The Morgan fingerprint density at radius 2 is 1.86 bits per heavy atom. The Bertz CT molecular complexity index is 798.